The van der Waals surface area contributed by atoms with Gasteiger partial charge in [-0.2, -0.15) is 0 Å². The lowest BCUT2D eigenvalue weighted by molar-refractivity contribution is 0.850. The van der Waals surface area contributed by atoms with Crippen LogP contribution >= 0.6 is 11.8 Å². The SMILES string of the molecule is CSc1nnc(-c2ccccn2)n1N. The Labute approximate surface area is 85.3 Å². The Morgan fingerprint density at radius 2 is 2.21 bits per heavy atom. The lowest BCUT2D eigenvalue weighted by atomic mass is 10.3. The summed E-state index contributed by atoms with van der Waals surface area (Å²) in [5.41, 5.74) is 0.725. The minimum atomic E-state index is 0.579. The zero-order chi connectivity index (χ0) is 9.97. The molecular weight excluding hydrogens is 198 g/mol. The molecule has 0 aliphatic heterocycles. The van der Waals surface area contributed by atoms with Crippen molar-refractivity contribution in [1.29, 1.82) is 0 Å². The van der Waals surface area contributed by atoms with Crippen molar-refractivity contribution in [2.24, 2.45) is 0 Å². The van der Waals surface area contributed by atoms with Gasteiger partial charge in [0, 0.05) is 6.20 Å². The summed E-state index contributed by atoms with van der Waals surface area (Å²) in [6.45, 7) is 0. The van der Waals surface area contributed by atoms with Gasteiger partial charge in [-0.25, -0.2) is 4.68 Å². The molecular formula is C8H9N5S. The third kappa shape index (κ3) is 1.44. The largest absolute Gasteiger partial charge is 0.335 e. The zero-order valence-corrected chi connectivity index (χ0v) is 8.40. The van der Waals surface area contributed by atoms with Gasteiger partial charge in [-0.05, 0) is 18.4 Å². The number of hydrogen-bond acceptors (Lipinski definition) is 5. The van der Waals surface area contributed by atoms with E-state index < -0.39 is 0 Å². The van der Waals surface area contributed by atoms with Crippen LogP contribution in [0.2, 0.25) is 0 Å². The zero-order valence-electron chi connectivity index (χ0n) is 7.58. The van der Waals surface area contributed by atoms with Crippen LogP contribution in [0.1, 0.15) is 0 Å². The summed E-state index contributed by atoms with van der Waals surface area (Å²) < 4.78 is 1.44. The van der Waals surface area contributed by atoms with Gasteiger partial charge >= 0.3 is 0 Å². The summed E-state index contributed by atoms with van der Waals surface area (Å²) in [7, 11) is 0. The molecule has 5 nitrogen and oxygen atoms in total. The molecule has 0 bridgehead atoms. The van der Waals surface area contributed by atoms with Gasteiger partial charge in [-0.1, -0.05) is 17.8 Å². The van der Waals surface area contributed by atoms with E-state index in [1.165, 1.54) is 16.4 Å². The van der Waals surface area contributed by atoms with Crippen LogP contribution in [-0.2, 0) is 0 Å². The maximum absolute atomic E-state index is 5.78. The van der Waals surface area contributed by atoms with E-state index in [0.29, 0.717) is 11.0 Å². The van der Waals surface area contributed by atoms with Crippen molar-refractivity contribution in [2.75, 3.05) is 12.1 Å². The van der Waals surface area contributed by atoms with Gasteiger partial charge in [0.1, 0.15) is 5.69 Å². The third-order valence-electron chi connectivity index (χ3n) is 1.74. The van der Waals surface area contributed by atoms with E-state index in [9.17, 15) is 0 Å². The van der Waals surface area contributed by atoms with Crippen LogP contribution in [0.15, 0.2) is 29.6 Å². The average molecular weight is 207 g/mol. The topological polar surface area (TPSA) is 69.6 Å². The van der Waals surface area contributed by atoms with Crippen LogP contribution in [0.5, 0.6) is 0 Å². The first-order valence-corrected chi connectivity index (χ1v) is 5.21. The molecule has 0 aliphatic rings. The number of aromatic nitrogens is 4. The molecule has 0 unspecified atom stereocenters. The molecule has 0 fully saturated rings. The maximum atomic E-state index is 5.78. The highest BCUT2D eigenvalue weighted by molar-refractivity contribution is 7.98. The molecule has 14 heavy (non-hydrogen) atoms. The van der Waals surface area contributed by atoms with Gasteiger partial charge < -0.3 is 5.84 Å². The number of thioether (sulfide) groups is 1. The van der Waals surface area contributed by atoms with Gasteiger partial charge in [0.25, 0.3) is 0 Å². The van der Waals surface area contributed by atoms with Gasteiger partial charge in [-0.3, -0.25) is 4.98 Å². The molecule has 2 aromatic rings. The van der Waals surface area contributed by atoms with Gasteiger partial charge in [0.05, 0.1) is 0 Å². The van der Waals surface area contributed by atoms with Crippen molar-refractivity contribution in [3.8, 4) is 11.5 Å². The van der Waals surface area contributed by atoms with Crippen molar-refractivity contribution in [1.82, 2.24) is 19.9 Å². The maximum Gasteiger partial charge on any atom is 0.209 e. The van der Waals surface area contributed by atoms with E-state index >= 15 is 0 Å². The lowest BCUT2D eigenvalue weighted by Gasteiger charge is -1.99. The fourth-order valence-corrected chi connectivity index (χ4v) is 1.49. The predicted molar refractivity (Wildman–Crippen MR) is 55.2 cm³/mol. The number of hydrogen-bond donors (Lipinski definition) is 1. The third-order valence-corrected chi connectivity index (χ3v) is 2.38. The summed E-state index contributed by atoms with van der Waals surface area (Å²) in [5.74, 6) is 6.36. The van der Waals surface area contributed by atoms with Crippen molar-refractivity contribution < 1.29 is 0 Å². The summed E-state index contributed by atoms with van der Waals surface area (Å²) >= 11 is 1.45. The van der Waals surface area contributed by atoms with Crippen LogP contribution in [0.3, 0.4) is 0 Å². The lowest BCUT2D eigenvalue weighted by Crippen LogP contribution is -2.11. The number of nitrogen functional groups attached to an aromatic ring is 1. The smallest absolute Gasteiger partial charge is 0.209 e. The van der Waals surface area contributed by atoms with E-state index in [4.69, 9.17) is 5.84 Å². The van der Waals surface area contributed by atoms with Crippen LogP contribution in [0, 0.1) is 0 Å². The van der Waals surface area contributed by atoms with E-state index in [2.05, 4.69) is 15.2 Å². The number of pyridine rings is 1. The Morgan fingerprint density at radius 1 is 1.36 bits per heavy atom. The Kier molecular flexibility index (Phi) is 2.36. The number of nitrogens with zero attached hydrogens (tertiary/aromatic N) is 4. The first-order chi connectivity index (χ1) is 6.83. The molecule has 0 saturated heterocycles. The molecule has 0 saturated carbocycles. The summed E-state index contributed by atoms with van der Waals surface area (Å²) in [4.78, 5) is 4.14. The molecule has 2 heterocycles. The van der Waals surface area contributed by atoms with Crippen LogP contribution in [-0.4, -0.2) is 26.1 Å². The Hall–Kier alpha value is -1.56. The van der Waals surface area contributed by atoms with Crippen LogP contribution in [0.4, 0.5) is 0 Å². The summed E-state index contributed by atoms with van der Waals surface area (Å²) in [6, 6.07) is 5.57. The fraction of sp³-hybridized carbons (Fsp3) is 0.125. The van der Waals surface area contributed by atoms with Gasteiger partial charge in [0.15, 0.2) is 0 Å². The first-order valence-electron chi connectivity index (χ1n) is 3.99. The highest BCUT2D eigenvalue weighted by Crippen LogP contribution is 2.17. The standard InChI is InChI=1S/C8H9N5S/c1-14-8-12-11-7(13(8)9)6-4-2-3-5-10-6/h2-5H,9H2,1H3. The number of nitrogens with two attached hydrogens (primary N) is 1. The fourth-order valence-electron chi connectivity index (χ4n) is 1.09. The van der Waals surface area contributed by atoms with Crippen LogP contribution in [0.25, 0.3) is 11.5 Å². The Balaban J connectivity index is 2.48. The van der Waals surface area contributed by atoms with Crippen LogP contribution < -0.4 is 5.84 Å². The van der Waals surface area contributed by atoms with Crippen molar-refractivity contribution in [3.63, 3.8) is 0 Å². The minimum Gasteiger partial charge on any atom is -0.335 e. The Bertz CT molecular complexity index is 425. The molecule has 0 amide bonds. The summed E-state index contributed by atoms with van der Waals surface area (Å²) in [5, 5.41) is 8.55. The molecule has 2 N–H and O–H groups in total. The van der Waals surface area contributed by atoms with E-state index in [-0.39, 0.29) is 0 Å². The van der Waals surface area contributed by atoms with E-state index in [0.717, 1.165) is 5.69 Å². The second-order valence-corrected chi connectivity index (χ2v) is 3.37. The average Bonchev–Trinajstić information content (AvgIpc) is 2.61. The van der Waals surface area contributed by atoms with Crippen molar-refractivity contribution in [3.05, 3.63) is 24.4 Å². The highest BCUT2D eigenvalue weighted by Gasteiger charge is 2.10. The molecule has 2 aromatic heterocycles. The second kappa shape index (κ2) is 3.67. The summed E-state index contributed by atoms with van der Waals surface area (Å²) in [6.07, 6.45) is 3.60. The minimum absolute atomic E-state index is 0.579. The normalized spacial score (nSPS) is 10.4. The number of rotatable bonds is 2. The van der Waals surface area contributed by atoms with Crippen molar-refractivity contribution in [2.45, 2.75) is 5.16 Å². The molecule has 0 radical (unpaired) electrons. The highest BCUT2D eigenvalue weighted by atomic mass is 32.2. The molecule has 0 aliphatic carbocycles. The van der Waals surface area contributed by atoms with Gasteiger partial charge in [-0.15, -0.1) is 10.2 Å². The van der Waals surface area contributed by atoms with Crippen molar-refractivity contribution >= 4 is 11.8 Å². The Morgan fingerprint density at radius 3 is 2.79 bits per heavy atom. The van der Waals surface area contributed by atoms with E-state index in [1.807, 2.05) is 24.5 Å². The monoisotopic (exact) mass is 207 g/mol. The molecule has 0 atom stereocenters. The molecule has 6 heteroatoms. The predicted octanol–water partition coefficient (Wildman–Crippen LogP) is 0.776. The first kappa shape index (κ1) is 9.01. The quantitative estimate of drug-likeness (QED) is 0.582. The second-order valence-electron chi connectivity index (χ2n) is 2.60. The molecule has 0 spiro atoms. The molecule has 0 aromatic carbocycles. The van der Waals surface area contributed by atoms with E-state index in [1.54, 1.807) is 6.20 Å². The molecule has 2 rings (SSSR count). The molecule has 72 valence electrons. The van der Waals surface area contributed by atoms with Gasteiger partial charge in [0.2, 0.25) is 11.0 Å².